The molecule has 168 valence electrons. The lowest BCUT2D eigenvalue weighted by Gasteiger charge is -2.32. The fourth-order valence-corrected chi connectivity index (χ4v) is 4.71. The average molecular weight is 446 g/mol. The van der Waals surface area contributed by atoms with E-state index in [0.29, 0.717) is 0 Å². The van der Waals surface area contributed by atoms with Crippen molar-refractivity contribution in [2.24, 2.45) is 0 Å². The minimum Gasteiger partial charge on any atom is -0.456 e. The highest BCUT2D eigenvalue weighted by Gasteiger charge is 2.52. The van der Waals surface area contributed by atoms with E-state index in [-0.39, 0.29) is 0 Å². The van der Waals surface area contributed by atoms with Crippen LogP contribution >= 0.6 is 0 Å². The summed E-state index contributed by atoms with van der Waals surface area (Å²) in [7, 11) is -0.483. The van der Waals surface area contributed by atoms with E-state index in [0.717, 1.165) is 44.1 Å². The fourth-order valence-electron chi connectivity index (χ4n) is 4.71. The zero-order valence-corrected chi connectivity index (χ0v) is 20.0. The van der Waals surface area contributed by atoms with Crippen LogP contribution in [0.5, 0.6) is 0 Å². The Morgan fingerprint density at radius 3 is 1.82 bits per heavy atom. The summed E-state index contributed by atoms with van der Waals surface area (Å²) in [6, 6.07) is 31.6. The number of hydrogen-bond acceptors (Lipinski definition) is 3. The molecule has 0 spiro atoms. The number of para-hydroxylation sites is 1. The Morgan fingerprint density at radius 1 is 0.559 bits per heavy atom. The van der Waals surface area contributed by atoms with Crippen molar-refractivity contribution in [3.05, 3.63) is 91.0 Å². The predicted molar refractivity (Wildman–Crippen MR) is 140 cm³/mol. The summed E-state index contributed by atoms with van der Waals surface area (Å²) in [6.45, 7) is 8.30. The van der Waals surface area contributed by atoms with Gasteiger partial charge in [-0.25, -0.2) is 0 Å². The van der Waals surface area contributed by atoms with Crippen molar-refractivity contribution < 1.29 is 13.7 Å². The summed E-state index contributed by atoms with van der Waals surface area (Å²) in [5.41, 5.74) is 6.34. The highest BCUT2D eigenvalue weighted by atomic mass is 16.7. The largest absolute Gasteiger partial charge is 0.498 e. The second-order valence-corrected chi connectivity index (χ2v) is 10.0. The molecule has 0 N–H and O–H groups in total. The molecule has 3 nitrogen and oxygen atoms in total. The van der Waals surface area contributed by atoms with E-state index in [1.54, 1.807) is 0 Å². The molecule has 1 fully saturated rings. The highest BCUT2D eigenvalue weighted by molar-refractivity contribution is 6.65. The first-order chi connectivity index (χ1) is 16.3. The second-order valence-electron chi connectivity index (χ2n) is 10.0. The molecule has 0 radical (unpaired) electrons. The molecular weight excluding hydrogens is 419 g/mol. The first kappa shape index (κ1) is 21.2. The SMILES string of the molecule is CC1(C)OB(c2cccc3c2oc2c(-c4ccccc4)cc(-c4ccccc4)cc23)OC1(C)C. The molecule has 2 heterocycles. The summed E-state index contributed by atoms with van der Waals surface area (Å²) in [5.74, 6) is 0. The number of benzene rings is 4. The molecule has 0 unspecified atom stereocenters. The van der Waals surface area contributed by atoms with E-state index < -0.39 is 18.3 Å². The lowest BCUT2D eigenvalue weighted by molar-refractivity contribution is 0.00578. The van der Waals surface area contributed by atoms with Gasteiger partial charge in [-0.05, 0) is 56.5 Å². The van der Waals surface area contributed by atoms with Crippen molar-refractivity contribution in [1.82, 2.24) is 0 Å². The van der Waals surface area contributed by atoms with Crippen LogP contribution in [0.1, 0.15) is 27.7 Å². The van der Waals surface area contributed by atoms with E-state index in [9.17, 15) is 0 Å². The molecule has 0 aliphatic carbocycles. The van der Waals surface area contributed by atoms with Crippen LogP contribution in [-0.4, -0.2) is 18.3 Å². The van der Waals surface area contributed by atoms with Gasteiger partial charge in [-0.1, -0.05) is 78.9 Å². The zero-order chi connectivity index (χ0) is 23.5. The van der Waals surface area contributed by atoms with Crippen LogP contribution in [-0.2, 0) is 9.31 Å². The molecule has 1 aromatic heterocycles. The molecule has 34 heavy (non-hydrogen) atoms. The van der Waals surface area contributed by atoms with Gasteiger partial charge in [-0.2, -0.15) is 0 Å². The average Bonchev–Trinajstić information content (AvgIpc) is 3.32. The Labute approximate surface area is 200 Å². The monoisotopic (exact) mass is 446 g/mol. The van der Waals surface area contributed by atoms with E-state index >= 15 is 0 Å². The van der Waals surface area contributed by atoms with E-state index in [1.165, 1.54) is 5.56 Å². The van der Waals surface area contributed by atoms with Crippen LogP contribution in [0.4, 0.5) is 0 Å². The maximum Gasteiger partial charge on any atom is 0.498 e. The van der Waals surface area contributed by atoms with E-state index in [1.807, 2.05) is 18.2 Å². The lowest BCUT2D eigenvalue weighted by Crippen LogP contribution is -2.41. The van der Waals surface area contributed by atoms with Gasteiger partial charge in [0.1, 0.15) is 11.2 Å². The maximum absolute atomic E-state index is 6.65. The van der Waals surface area contributed by atoms with Crippen molar-refractivity contribution >= 4 is 34.5 Å². The van der Waals surface area contributed by atoms with Crippen LogP contribution in [0.15, 0.2) is 95.4 Å². The lowest BCUT2D eigenvalue weighted by atomic mass is 9.78. The third kappa shape index (κ3) is 3.29. The topological polar surface area (TPSA) is 31.6 Å². The first-order valence-electron chi connectivity index (χ1n) is 11.8. The molecule has 4 aromatic carbocycles. The predicted octanol–water partition coefficient (Wildman–Crippen LogP) is 7.22. The van der Waals surface area contributed by atoms with Gasteiger partial charge in [0.2, 0.25) is 0 Å². The first-order valence-corrected chi connectivity index (χ1v) is 11.8. The summed E-state index contributed by atoms with van der Waals surface area (Å²) >= 11 is 0. The summed E-state index contributed by atoms with van der Waals surface area (Å²) in [5, 5.41) is 2.16. The summed E-state index contributed by atoms with van der Waals surface area (Å²) < 4.78 is 19.4. The number of fused-ring (bicyclic) bond motifs is 3. The molecule has 6 rings (SSSR count). The molecule has 5 aromatic rings. The number of rotatable bonds is 3. The molecule has 4 heteroatoms. The standard InChI is InChI=1S/C30H27BO3/c1-29(2)30(3,4)34-31(33-29)26-17-11-16-23-25-19-22(20-12-7-5-8-13-20)18-24(27(25)32-28(23)26)21-14-9-6-10-15-21/h5-19H,1-4H3. The molecular formula is C30H27BO3. The van der Waals surface area contributed by atoms with Crippen molar-refractivity contribution in [3.8, 4) is 22.3 Å². The van der Waals surface area contributed by atoms with Crippen molar-refractivity contribution in [3.63, 3.8) is 0 Å². The van der Waals surface area contributed by atoms with Gasteiger partial charge in [0, 0.05) is 21.8 Å². The van der Waals surface area contributed by atoms with Gasteiger partial charge in [0.15, 0.2) is 0 Å². The van der Waals surface area contributed by atoms with E-state index in [4.69, 9.17) is 13.7 Å². The Hall–Kier alpha value is -3.34. The van der Waals surface area contributed by atoms with Crippen LogP contribution < -0.4 is 5.46 Å². The molecule has 0 atom stereocenters. The van der Waals surface area contributed by atoms with Crippen molar-refractivity contribution in [1.29, 1.82) is 0 Å². The molecule has 1 aliphatic heterocycles. The fraction of sp³-hybridized carbons (Fsp3) is 0.200. The Kier molecular flexibility index (Phi) is 4.74. The summed E-state index contributed by atoms with van der Waals surface area (Å²) in [6.07, 6.45) is 0. The van der Waals surface area contributed by atoms with Crippen molar-refractivity contribution in [2.75, 3.05) is 0 Å². The Bertz CT molecular complexity index is 1480. The van der Waals surface area contributed by atoms with Crippen LogP contribution in [0, 0.1) is 0 Å². The van der Waals surface area contributed by atoms with E-state index in [2.05, 4.69) is 100 Å². The second kappa shape index (κ2) is 7.59. The Balaban J connectivity index is 1.62. The van der Waals surface area contributed by atoms with Gasteiger partial charge in [0.25, 0.3) is 0 Å². The molecule has 0 saturated carbocycles. The number of hydrogen-bond donors (Lipinski definition) is 0. The van der Waals surface area contributed by atoms with Gasteiger partial charge in [0.05, 0.1) is 11.2 Å². The normalized spacial score (nSPS) is 17.0. The minimum absolute atomic E-state index is 0.415. The van der Waals surface area contributed by atoms with Gasteiger partial charge in [-0.3, -0.25) is 0 Å². The molecule has 0 amide bonds. The number of furan rings is 1. The van der Waals surface area contributed by atoms with Crippen molar-refractivity contribution in [2.45, 2.75) is 38.9 Å². The zero-order valence-electron chi connectivity index (χ0n) is 20.0. The van der Waals surface area contributed by atoms with Gasteiger partial charge >= 0.3 is 7.12 Å². The highest BCUT2D eigenvalue weighted by Crippen LogP contribution is 2.41. The van der Waals surface area contributed by atoms with Crippen LogP contribution in [0.2, 0.25) is 0 Å². The summed E-state index contributed by atoms with van der Waals surface area (Å²) in [4.78, 5) is 0. The van der Waals surface area contributed by atoms with Crippen LogP contribution in [0.25, 0.3) is 44.2 Å². The smallest absolute Gasteiger partial charge is 0.456 e. The maximum atomic E-state index is 6.65. The molecule has 0 bridgehead atoms. The minimum atomic E-state index is -0.483. The van der Waals surface area contributed by atoms with Gasteiger partial charge < -0.3 is 13.7 Å². The quantitative estimate of drug-likeness (QED) is 0.274. The third-order valence-corrected chi connectivity index (χ3v) is 7.33. The molecule has 1 saturated heterocycles. The Morgan fingerprint density at radius 2 is 1.18 bits per heavy atom. The van der Waals surface area contributed by atoms with Gasteiger partial charge in [-0.15, -0.1) is 0 Å². The van der Waals surface area contributed by atoms with Crippen LogP contribution in [0.3, 0.4) is 0 Å². The third-order valence-electron chi connectivity index (χ3n) is 7.33. The molecule has 1 aliphatic rings.